The highest BCUT2D eigenvalue weighted by atomic mass is 16.6. The molecule has 3 heteroatoms. The Morgan fingerprint density at radius 1 is 1.46 bits per heavy atom. The van der Waals surface area contributed by atoms with Gasteiger partial charge in [-0.25, -0.2) is 4.79 Å². The lowest BCUT2D eigenvalue weighted by Crippen LogP contribution is -2.37. The van der Waals surface area contributed by atoms with E-state index < -0.39 is 5.60 Å². The first kappa shape index (κ1) is 12.2. The van der Waals surface area contributed by atoms with Gasteiger partial charge in [0.2, 0.25) is 0 Å². The minimum atomic E-state index is -0.880. The highest BCUT2D eigenvalue weighted by Crippen LogP contribution is 2.12. The zero-order chi connectivity index (χ0) is 10.5. The van der Waals surface area contributed by atoms with Gasteiger partial charge in [-0.2, -0.15) is 0 Å². The molecule has 0 aliphatic rings. The molecule has 0 saturated heterocycles. The highest BCUT2D eigenvalue weighted by molar-refractivity contribution is 5.78. The molecule has 0 aliphatic carbocycles. The molecule has 0 N–H and O–H groups in total. The normalized spacial score (nSPS) is 11.1. The zero-order valence-electron chi connectivity index (χ0n) is 8.85. The topological polar surface area (TPSA) is 35.5 Å². The van der Waals surface area contributed by atoms with Crippen LogP contribution in [0.5, 0.6) is 0 Å². The largest absolute Gasteiger partial charge is 0.464 e. The van der Waals surface area contributed by atoms with Crippen molar-refractivity contribution < 1.29 is 14.3 Å². The average Bonchev–Trinajstić information content (AvgIpc) is 2.01. The molecule has 3 nitrogen and oxygen atoms in total. The Balaban J connectivity index is 4.05. The lowest BCUT2D eigenvalue weighted by molar-refractivity contribution is -0.166. The van der Waals surface area contributed by atoms with Crippen molar-refractivity contribution in [1.82, 2.24) is 0 Å². The van der Waals surface area contributed by atoms with E-state index in [9.17, 15) is 4.79 Å². The van der Waals surface area contributed by atoms with Crippen molar-refractivity contribution in [2.45, 2.75) is 33.3 Å². The van der Waals surface area contributed by atoms with Gasteiger partial charge in [-0.05, 0) is 27.7 Å². The van der Waals surface area contributed by atoms with Crippen molar-refractivity contribution in [3.8, 4) is 0 Å². The Labute approximate surface area is 79.7 Å². The van der Waals surface area contributed by atoms with Crippen LogP contribution >= 0.6 is 0 Å². The Hall–Kier alpha value is -0.830. The molecular formula is C10H18O3. The van der Waals surface area contributed by atoms with Gasteiger partial charge >= 0.3 is 5.97 Å². The Kier molecular flexibility index (Phi) is 4.70. The molecule has 76 valence electrons. The van der Waals surface area contributed by atoms with E-state index in [4.69, 9.17) is 9.47 Å². The predicted molar refractivity (Wildman–Crippen MR) is 51.5 cm³/mol. The molecule has 13 heavy (non-hydrogen) atoms. The lowest BCUT2D eigenvalue weighted by atomic mass is 10.1. The van der Waals surface area contributed by atoms with Gasteiger partial charge in [-0.3, -0.25) is 0 Å². The molecule has 0 bridgehead atoms. The third kappa shape index (κ3) is 4.68. The third-order valence-corrected chi connectivity index (χ3v) is 1.45. The first-order chi connectivity index (χ1) is 5.90. The van der Waals surface area contributed by atoms with Crippen LogP contribution in [0.25, 0.3) is 0 Å². The molecule has 0 aromatic heterocycles. The third-order valence-electron chi connectivity index (χ3n) is 1.45. The smallest absolute Gasteiger partial charge is 0.337 e. The minimum Gasteiger partial charge on any atom is -0.464 e. The second-order valence-corrected chi connectivity index (χ2v) is 3.48. The summed E-state index contributed by atoms with van der Waals surface area (Å²) in [5, 5.41) is 0. The predicted octanol–water partition coefficient (Wildman–Crippen LogP) is 1.92. The van der Waals surface area contributed by atoms with E-state index in [2.05, 4.69) is 6.58 Å². The molecule has 0 unspecified atom stereocenters. The lowest BCUT2D eigenvalue weighted by Gasteiger charge is -2.22. The maximum Gasteiger partial charge on any atom is 0.337 e. The molecular weight excluding hydrogens is 168 g/mol. The van der Waals surface area contributed by atoms with Crippen LogP contribution in [0, 0.1) is 0 Å². The molecule has 0 aromatic rings. The number of carbonyl (C=O) groups is 1. The quantitative estimate of drug-likeness (QED) is 0.486. The van der Waals surface area contributed by atoms with Crippen LogP contribution in [0.1, 0.15) is 27.7 Å². The number of hydrogen-bond acceptors (Lipinski definition) is 3. The second-order valence-electron chi connectivity index (χ2n) is 3.48. The summed E-state index contributed by atoms with van der Waals surface area (Å²) in [7, 11) is 0. The van der Waals surface area contributed by atoms with Gasteiger partial charge in [0.25, 0.3) is 0 Å². The van der Waals surface area contributed by atoms with E-state index in [1.54, 1.807) is 20.8 Å². The van der Waals surface area contributed by atoms with E-state index in [1.165, 1.54) is 0 Å². The molecule has 0 aliphatic heterocycles. The van der Waals surface area contributed by atoms with Crippen molar-refractivity contribution in [2.75, 3.05) is 13.2 Å². The SMILES string of the molecule is C=C(C)COC(C)(C)C(=O)OCC. The molecule has 0 amide bonds. The Morgan fingerprint density at radius 2 is 2.00 bits per heavy atom. The van der Waals surface area contributed by atoms with Crippen LogP contribution in [-0.4, -0.2) is 24.8 Å². The fourth-order valence-corrected chi connectivity index (χ4v) is 0.667. The molecule has 0 radical (unpaired) electrons. The van der Waals surface area contributed by atoms with Crippen LogP contribution in [0.2, 0.25) is 0 Å². The number of esters is 1. The fourth-order valence-electron chi connectivity index (χ4n) is 0.667. The fraction of sp³-hybridized carbons (Fsp3) is 0.700. The molecule has 0 heterocycles. The van der Waals surface area contributed by atoms with E-state index >= 15 is 0 Å². The number of ether oxygens (including phenoxy) is 2. The van der Waals surface area contributed by atoms with Crippen LogP contribution in [0.15, 0.2) is 12.2 Å². The van der Waals surface area contributed by atoms with Crippen LogP contribution in [-0.2, 0) is 14.3 Å². The van der Waals surface area contributed by atoms with Gasteiger partial charge in [0, 0.05) is 0 Å². The van der Waals surface area contributed by atoms with Gasteiger partial charge in [-0.1, -0.05) is 12.2 Å². The van der Waals surface area contributed by atoms with Crippen LogP contribution in [0.3, 0.4) is 0 Å². The summed E-state index contributed by atoms with van der Waals surface area (Å²) in [6.45, 7) is 11.4. The number of carbonyl (C=O) groups excluding carboxylic acids is 1. The summed E-state index contributed by atoms with van der Waals surface area (Å²) < 4.78 is 10.2. The summed E-state index contributed by atoms with van der Waals surface area (Å²) in [6.07, 6.45) is 0. The highest BCUT2D eigenvalue weighted by Gasteiger charge is 2.29. The van der Waals surface area contributed by atoms with Gasteiger partial charge in [0.15, 0.2) is 5.60 Å². The van der Waals surface area contributed by atoms with Crippen molar-refractivity contribution in [3.05, 3.63) is 12.2 Å². The molecule has 0 aromatic carbocycles. The average molecular weight is 186 g/mol. The molecule has 0 spiro atoms. The summed E-state index contributed by atoms with van der Waals surface area (Å²) >= 11 is 0. The summed E-state index contributed by atoms with van der Waals surface area (Å²) in [4.78, 5) is 11.3. The first-order valence-corrected chi connectivity index (χ1v) is 4.35. The van der Waals surface area contributed by atoms with Crippen molar-refractivity contribution in [1.29, 1.82) is 0 Å². The monoisotopic (exact) mass is 186 g/mol. The second kappa shape index (κ2) is 5.02. The summed E-state index contributed by atoms with van der Waals surface area (Å²) in [5.41, 5.74) is 0.00646. The summed E-state index contributed by atoms with van der Waals surface area (Å²) in [5.74, 6) is -0.337. The van der Waals surface area contributed by atoms with E-state index in [0.717, 1.165) is 5.57 Å². The van der Waals surface area contributed by atoms with Gasteiger partial charge in [-0.15, -0.1) is 0 Å². The Morgan fingerprint density at radius 3 is 2.38 bits per heavy atom. The van der Waals surface area contributed by atoms with Crippen molar-refractivity contribution >= 4 is 5.97 Å². The zero-order valence-corrected chi connectivity index (χ0v) is 8.85. The van der Waals surface area contributed by atoms with E-state index in [-0.39, 0.29) is 5.97 Å². The Bertz CT molecular complexity index is 194. The van der Waals surface area contributed by atoms with Gasteiger partial charge in [0.1, 0.15) is 0 Å². The minimum absolute atomic E-state index is 0.337. The molecule has 0 fully saturated rings. The number of rotatable bonds is 5. The summed E-state index contributed by atoms with van der Waals surface area (Å²) in [6, 6.07) is 0. The maximum atomic E-state index is 11.3. The van der Waals surface area contributed by atoms with Gasteiger partial charge < -0.3 is 9.47 Å². The van der Waals surface area contributed by atoms with E-state index in [0.29, 0.717) is 13.2 Å². The molecule has 0 rings (SSSR count). The van der Waals surface area contributed by atoms with Crippen molar-refractivity contribution in [2.24, 2.45) is 0 Å². The van der Waals surface area contributed by atoms with E-state index in [1.807, 2.05) is 6.92 Å². The van der Waals surface area contributed by atoms with Gasteiger partial charge in [0.05, 0.1) is 13.2 Å². The number of hydrogen-bond donors (Lipinski definition) is 0. The van der Waals surface area contributed by atoms with Crippen molar-refractivity contribution in [3.63, 3.8) is 0 Å². The van der Waals surface area contributed by atoms with Crippen LogP contribution in [0.4, 0.5) is 0 Å². The maximum absolute atomic E-state index is 11.3. The molecule has 0 atom stereocenters. The van der Waals surface area contributed by atoms with Crippen LogP contribution < -0.4 is 0 Å². The first-order valence-electron chi connectivity index (χ1n) is 4.35. The standard InChI is InChI=1S/C10H18O3/c1-6-12-9(11)10(4,5)13-7-8(2)3/h2,6-7H2,1,3-5H3. The molecule has 0 saturated carbocycles.